The lowest BCUT2D eigenvalue weighted by Gasteiger charge is -2.03. The van der Waals surface area contributed by atoms with E-state index in [1.54, 1.807) is 6.26 Å². The van der Waals surface area contributed by atoms with Crippen molar-refractivity contribution in [1.29, 1.82) is 0 Å². The van der Waals surface area contributed by atoms with E-state index in [-0.39, 0.29) is 0 Å². The molecule has 0 bridgehead atoms. The lowest BCUT2D eigenvalue weighted by Crippen LogP contribution is -2.03. The molecule has 3 rings (SSSR count). The molecule has 0 aliphatic rings. The monoisotopic (exact) mass is 227 g/mol. The maximum atomic E-state index is 5.93. The second-order valence-electron chi connectivity index (χ2n) is 4.13. The van der Waals surface area contributed by atoms with Crippen molar-refractivity contribution in [3.05, 3.63) is 47.9 Å². The fourth-order valence-corrected chi connectivity index (χ4v) is 1.98. The topological polar surface area (TPSA) is 57.0 Å². The van der Waals surface area contributed by atoms with E-state index in [1.165, 1.54) is 5.56 Å². The van der Waals surface area contributed by atoms with Crippen LogP contribution in [-0.4, -0.2) is 9.55 Å². The van der Waals surface area contributed by atoms with Crippen LogP contribution in [-0.2, 0) is 6.54 Å². The fraction of sp³-hybridized carbons (Fsp3) is 0.154. The summed E-state index contributed by atoms with van der Waals surface area (Å²) in [5.41, 5.74) is 9.07. The Morgan fingerprint density at radius 2 is 2.24 bits per heavy atom. The number of hydrogen-bond donors (Lipinski definition) is 1. The van der Waals surface area contributed by atoms with E-state index in [9.17, 15) is 0 Å². The number of nitrogen functional groups attached to an aromatic ring is 1. The first-order valence-electron chi connectivity index (χ1n) is 5.49. The molecule has 0 saturated carbocycles. The number of hydrogen-bond acceptors (Lipinski definition) is 3. The van der Waals surface area contributed by atoms with Crippen LogP contribution >= 0.6 is 0 Å². The van der Waals surface area contributed by atoms with Crippen molar-refractivity contribution in [2.24, 2.45) is 0 Å². The van der Waals surface area contributed by atoms with Crippen LogP contribution < -0.4 is 5.73 Å². The van der Waals surface area contributed by atoms with Crippen molar-refractivity contribution in [2.45, 2.75) is 13.5 Å². The molecule has 0 amide bonds. The lowest BCUT2D eigenvalue weighted by molar-refractivity contribution is 0.497. The van der Waals surface area contributed by atoms with E-state index < -0.39 is 0 Å². The van der Waals surface area contributed by atoms with Crippen LogP contribution in [0.3, 0.4) is 0 Å². The highest BCUT2D eigenvalue weighted by molar-refractivity contribution is 5.79. The molecule has 0 unspecified atom stereocenters. The minimum absolute atomic E-state index is 0.516. The van der Waals surface area contributed by atoms with Gasteiger partial charge in [0, 0.05) is 0 Å². The van der Waals surface area contributed by atoms with Crippen LogP contribution in [0.25, 0.3) is 11.0 Å². The normalized spacial score (nSPS) is 11.1. The molecule has 2 N–H and O–H groups in total. The van der Waals surface area contributed by atoms with Gasteiger partial charge in [-0.25, -0.2) is 4.98 Å². The van der Waals surface area contributed by atoms with Gasteiger partial charge in [-0.2, -0.15) is 0 Å². The van der Waals surface area contributed by atoms with Crippen molar-refractivity contribution in [1.82, 2.24) is 9.55 Å². The van der Waals surface area contributed by atoms with Crippen LogP contribution in [0.2, 0.25) is 0 Å². The largest absolute Gasteiger partial charge is 0.467 e. The summed E-state index contributed by atoms with van der Waals surface area (Å²) in [6.07, 6.45) is 1.66. The number of fused-ring (bicyclic) bond motifs is 1. The molecule has 0 aliphatic heterocycles. The van der Waals surface area contributed by atoms with Crippen LogP contribution in [0.5, 0.6) is 0 Å². The van der Waals surface area contributed by atoms with Crippen LogP contribution in [0, 0.1) is 6.92 Å². The molecular formula is C13H13N3O. The van der Waals surface area contributed by atoms with Gasteiger partial charge in [0.2, 0.25) is 5.95 Å². The summed E-state index contributed by atoms with van der Waals surface area (Å²) in [5.74, 6) is 1.39. The van der Waals surface area contributed by atoms with Crippen molar-refractivity contribution >= 4 is 17.0 Å². The number of aryl methyl sites for hydroxylation is 1. The number of nitrogens with two attached hydrogens (primary N) is 1. The van der Waals surface area contributed by atoms with Gasteiger partial charge < -0.3 is 14.7 Å². The zero-order chi connectivity index (χ0) is 11.8. The molecule has 1 aromatic carbocycles. The molecule has 3 aromatic rings. The second kappa shape index (κ2) is 3.66. The molecule has 0 atom stereocenters. The van der Waals surface area contributed by atoms with E-state index >= 15 is 0 Å². The highest BCUT2D eigenvalue weighted by Crippen LogP contribution is 2.20. The summed E-state index contributed by atoms with van der Waals surface area (Å²) in [7, 11) is 0. The summed E-state index contributed by atoms with van der Waals surface area (Å²) in [5, 5.41) is 0. The van der Waals surface area contributed by atoms with Gasteiger partial charge in [-0.15, -0.1) is 0 Å². The van der Waals surface area contributed by atoms with E-state index in [1.807, 2.05) is 35.8 Å². The van der Waals surface area contributed by atoms with Gasteiger partial charge >= 0.3 is 0 Å². The van der Waals surface area contributed by atoms with Crippen molar-refractivity contribution in [3.63, 3.8) is 0 Å². The third-order valence-corrected chi connectivity index (χ3v) is 2.83. The summed E-state index contributed by atoms with van der Waals surface area (Å²) >= 11 is 0. The molecule has 0 saturated heterocycles. The maximum Gasteiger partial charge on any atom is 0.201 e. The fourth-order valence-electron chi connectivity index (χ4n) is 1.98. The number of rotatable bonds is 2. The van der Waals surface area contributed by atoms with Gasteiger partial charge in [-0.1, -0.05) is 6.07 Å². The Bertz CT molecular complexity index is 653. The molecular weight excluding hydrogens is 214 g/mol. The standard InChI is InChI=1S/C13H13N3O/c1-9-4-5-12-11(7-9)15-13(14)16(12)8-10-3-2-6-17-10/h2-7H,8H2,1H3,(H2,14,15). The third kappa shape index (κ3) is 1.67. The van der Waals surface area contributed by atoms with Crippen LogP contribution in [0.4, 0.5) is 5.95 Å². The Labute approximate surface area is 98.7 Å². The number of anilines is 1. The minimum atomic E-state index is 0.516. The van der Waals surface area contributed by atoms with Crippen LogP contribution in [0.1, 0.15) is 11.3 Å². The third-order valence-electron chi connectivity index (χ3n) is 2.83. The van der Waals surface area contributed by atoms with Crippen molar-refractivity contribution in [3.8, 4) is 0 Å². The highest BCUT2D eigenvalue weighted by Gasteiger charge is 2.09. The molecule has 0 spiro atoms. The van der Waals surface area contributed by atoms with Crippen molar-refractivity contribution < 1.29 is 4.42 Å². The Kier molecular flexibility index (Phi) is 2.14. The first kappa shape index (κ1) is 9.96. The molecule has 4 heteroatoms. The van der Waals surface area contributed by atoms with Gasteiger partial charge in [-0.3, -0.25) is 0 Å². The molecule has 86 valence electrons. The average Bonchev–Trinajstić information content (AvgIpc) is 2.88. The maximum absolute atomic E-state index is 5.93. The summed E-state index contributed by atoms with van der Waals surface area (Å²) in [6, 6.07) is 9.93. The zero-order valence-electron chi connectivity index (χ0n) is 9.55. The van der Waals surface area contributed by atoms with Gasteiger partial charge in [0.25, 0.3) is 0 Å². The molecule has 17 heavy (non-hydrogen) atoms. The predicted molar refractivity (Wildman–Crippen MR) is 66.7 cm³/mol. The summed E-state index contributed by atoms with van der Waals surface area (Å²) < 4.78 is 7.28. The van der Waals surface area contributed by atoms with Gasteiger partial charge in [-0.05, 0) is 36.8 Å². The van der Waals surface area contributed by atoms with Crippen molar-refractivity contribution in [2.75, 3.05) is 5.73 Å². The summed E-state index contributed by atoms with van der Waals surface area (Å²) in [6.45, 7) is 2.65. The minimum Gasteiger partial charge on any atom is -0.467 e. The molecule has 2 heterocycles. The van der Waals surface area contributed by atoms with Gasteiger partial charge in [0.1, 0.15) is 5.76 Å². The lowest BCUT2D eigenvalue weighted by atomic mass is 10.2. The molecule has 0 aliphatic carbocycles. The number of nitrogens with zero attached hydrogens (tertiary/aromatic N) is 2. The Morgan fingerprint density at radius 3 is 3.00 bits per heavy atom. The van der Waals surface area contributed by atoms with Gasteiger partial charge in [0.15, 0.2) is 0 Å². The Morgan fingerprint density at radius 1 is 1.35 bits per heavy atom. The number of furan rings is 1. The molecule has 4 nitrogen and oxygen atoms in total. The highest BCUT2D eigenvalue weighted by atomic mass is 16.3. The average molecular weight is 227 g/mol. The number of aromatic nitrogens is 2. The van der Waals surface area contributed by atoms with E-state index in [2.05, 4.69) is 11.1 Å². The first-order chi connectivity index (χ1) is 8.24. The molecule has 2 aromatic heterocycles. The Hall–Kier alpha value is -2.23. The molecule has 0 radical (unpaired) electrons. The summed E-state index contributed by atoms with van der Waals surface area (Å²) in [4.78, 5) is 4.35. The van der Waals surface area contributed by atoms with E-state index in [0.717, 1.165) is 16.8 Å². The smallest absolute Gasteiger partial charge is 0.201 e. The second-order valence-corrected chi connectivity index (χ2v) is 4.13. The first-order valence-corrected chi connectivity index (χ1v) is 5.49. The van der Waals surface area contributed by atoms with Gasteiger partial charge in [0.05, 0.1) is 23.8 Å². The van der Waals surface area contributed by atoms with E-state index in [0.29, 0.717) is 12.5 Å². The quantitative estimate of drug-likeness (QED) is 0.732. The van der Waals surface area contributed by atoms with E-state index in [4.69, 9.17) is 10.2 Å². The number of benzene rings is 1. The van der Waals surface area contributed by atoms with Crippen LogP contribution in [0.15, 0.2) is 41.0 Å². The molecule has 0 fully saturated rings. The SMILES string of the molecule is Cc1ccc2c(c1)nc(N)n2Cc1ccco1. The predicted octanol–water partition coefficient (Wildman–Crippen LogP) is 2.57. The Balaban J connectivity index is 2.12. The zero-order valence-corrected chi connectivity index (χ0v) is 9.55. The number of imidazole rings is 1.